The van der Waals surface area contributed by atoms with Crippen LogP contribution in [0.2, 0.25) is 0 Å². The highest BCUT2D eigenvalue weighted by molar-refractivity contribution is 5.08. The van der Waals surface area contributed by atoms with Crippen molar-refractivity contribution in [2.24, 2.45) is 0 Å². The molecule has 2 heterocycles. The molecule has 0 bridgehead atoms. The van der Waals surface area contributed by atoms with Crippen LogP contribution in [0, 0.1) is 0 Å². The first-order chi connectivity index (χ1) is 9.69. The van der Waals surface area contributed by atoms with Crippen molar-refractivity contribution in [3.63, 3.8) is 0 Å². The summed E-state index contributed by atoms with van der Waals surface area (Å²) in [5.74, 6) is 0. The molecule has 1 aromatic heterocycles. The van der Waals surface area contributed by atoms with E-state index < -0.39 is 0 Å². The number of nitrogens with zero attached hydrogens (tertiary/aromatic N) is 4. The summed E-state index contributed by atoms with van der Waals surface area (Å²) >= 11 is 0. The van der Waals surface area contributed by atoms with Gasteiger partial charge in [-0.15, -0.1) is 0 Å². The van der Waals surface area contributed by atoms with Crippen LogP contribution in [-0.2, 0) is 6.54 Å². The van der Waals surface area contributed by atoms with E-state index in [1.165, 1.54) is 44.7 Å². The van der Waals surface area contributed by atoms with Crippen molar-refractivity contribution in [3.05, 3.63) is 18.0 Å². The molecule has 5 heteroatoms. The summed E-state index contributed by atoms with van der Waals surface area (Å²) in [6.45, 7) is 12.4. The SMILES string of the molecule is CCn1cc(C(C)NCCCN2CCN(C)CC2)cn1. The molecule has 2 rings (SSSR count). The van der Waals surface area contributed by atoms with Gasteiger partial charge in [-0.1, -0.05) is 0 Å². The maximum atomic E-state index is 4.33. The van der Waals surface area contributed by atoms with E-state index in [0.717, 1.165) is 13.1 Å². The van der Waals surface area contributed by atoms with Crippen molar-refractivity contribution < 1.29 is 0 Å². The molecule has 1 aliphatic rings. The Morgan fingerprint density at radius 2 is 2.05 bits per heavy atom. The molecule has 20 heavy (non-hydrogen) atoms. The summed E-state index contributed by atoms with van der Waals surface area (Å²) in [6.07, 6.45) is 5.33. The maximum absolute atomic E-state index is 4.33. The minimum Gasteiger partial charge on any atom is -0.310 e. The molecule has 1 atom stereocenters. The lowest BCUT2D eigenvalue weighted by atomic mass is 10.2. The van der Waals surface area contributed by atoms with E-state index in [1.807, 2.05) is 10.9 Å². The number of piperazine rings is 1. The third-order valence-electron chi connectivity index (χ3n) is 4.17. The van der Waals surface area contributed by atoms with Gasteiger partial charge in [0.1, 0.15) is 0 Å². The zero-order valence-corrected chi connectivity index (χ0v) is 13.2. The fraction of sp³-hybridized carbons (Fsp3) is 0.800. The van der Waals surface area contributed by atoms with Gasteiger partial charge in [-0.3, -0.25) is 4.68 Å². The van der Waals surface area contributed by atoms with Crippen LogP contribution >= 0.6 is 0 Å². The smallest absolute Gasteiger partial charge is 0.0537 e. The molecule has 1 unspecified atom stereocenters. The van der Waals surface area contributed by atoms with E-state index in [9.17, 15) is 0 Å². The lowest BCUT2D eigenvalue weighted by Gasteiger charge is -2.32. The minimum absolute atomic E-state index is 0.391. The fourth-order valence-electron chi connectivity index (χ4n) is 2.59. The number of hydrogen-bond donors (Lipinski definition) is 1. The Kier molecular flexibility index (Phi) is 6.01. The number of aromatic nitrogens is 2. The van der Waals surface area contributed by atoms with E-state index in [0.29, 0.717) is 6.04 Å². The Labute approximate surface area is 122 Å². The van der Waals surface area contributed by atoms with Gasteiger partial charge in [0, 0.05) is 50.5 Å². The van der Waals surface area contributed by atoms with Crippen LogP contribution in [0.1, 0.15) is 31.9 Å². The minimum atomic E-state index is 0.391. The zero-order chi connectivity index (χ0) is 14.4. The van der Waals surface area contributed by atoms with E-state index in [1.54, 1.807) is 0 Å². The van der Waals surface area contributed by atoms with Gasteiger partial charge in [0.15, 0.2) is 0 Å². The standard InChI is InChI=1S/C15H29N5/c1-4-20-13-15(12-17-20)14(2)16-6-5-7-19-10-8-18(3)9-11-19/h12-14,16H,4-11H2,1-3H3. The average molecular weight is 279 g/mol. The van der Waals surface area contributed by atoms with E-state index in [4.69, 9.17) is 0 Å². The van der Waals surface area contributed by atoms with Crippen molar-refractivity contribution in [2.75, 3.05) is 46.3 Å². The summed E-state index contributed by atoms with van der Waals surface area (Å²) in [5.41, 5.74) is 1.28. The predicted octanol–water partition coefficient (Wildman–Crippen LogP) is 1.19. The molecule has 1 N–H and O–H groups in total. The number of rotatable bonds is 7. The van der Waals surface area contributed by atoms with Gasteiger partial charge in [-0.2, -0.15) is 5.10 Å². The van der Waals surface area contributed by atoms with Gasteiger partial charge >= 0.3 is 0 Å². The molecule has 1 fully saturated rings. The summed E-state index contributed by atoms with van der Waals surface area (Å²) in [7, 11) is 2.21. The van der Waals surface area contributed by atoms with Crippen LogP contribution in [0.4, 0.5) is 0 Å². The quantitative estimate of drug-likeness (QED) is 0.761. The first-order valence-electron chi connectivity index (χ1n) is 7.85. The molecule has 0 saturated carbocycles. The zero-order valence-electron chi connectivity index (χ0n) is 13.2. The third-order valence-corrected chi connectivity index (χ3v) is 4.17. The Balaban J connectivity index is 1.60. The first kappa shape index (κ1) is 15.5. The van der Waals surface area contributed by atoms with Crippen LogP contribution in [0.25, 0.3) is 0 Å². The van der Waals surface area contributed by atoms with Gasteiger partial charge in [-0.25, -0.2) is 0 Å². The number of likely N-dealkylation sites (N-methyl/N-ethyl adjacent to an activating group) is 1. The number of hydrogen-bond acceptors (Lipinski definition) is 4. The number of nitrogens with one attached hydrogen (secondary N) is 1. The highest BCUT2D eigenvalue weighted by Gasteiger charge is 2.13. The Morgan fingerprint density at radius 3 is 2.70 bits per heavy atom. The molecule has 0 radical (unpaired) electrons. The summed E-state index contributed by atoms with van der Waals surface area (Å²) in [5, 5.41) is 7.92. The molecule has 1 saturated heterocycles. The molecule has 0 aromatic carbocycles. The van der Waals surface area contributed by atoms with Crippen LogP contribution in [0.3, 0.4) is 0 Å². The highest BCUT2D eigenvalue weighted by Crippen LogP contribution is 2.10. The normalized spacial score (nSPS) is 19.4. The second-order valence-corrected chi connectivity index (χ2v) is 5.80. The monoisotopic (exact) mass is 279 g/mol. The van der Waals surface area contributed by atoms with Crippen LogP contribution in [0.15, 0.2) is 12.4 Å². The predicted molar refractivity (Wildman–Crippen MR) is 82.9 cm³/mol. The summed E-state index contributed by atoms with van der Waals surface area (Å²) in [6, 6.07) is 0.391. The second kappa shape index (κ2) is 7.76. The largest absolute Gasteiger partial charge is 0.310 e. The second-order valence-electron chi connectivity index (χ2n) is 5.80. The van der Waals surface area contributed by atoms with Gasteiger partial charge in [0.05, 0.1) is 6.20 Å². The maximum Gasteiger partial charge on any atom is 0.0537 e. The van der Waals surface area contributed by atoms with Crippen molar-refractivity contribution in [1.29, 1.82) is 0 Å². The number of aryl methyl sites for hydroxylation is 1. The summed E-state index contributed by atoms with van der Waals surface area (Å²) < 4.78 is 1.98. The first-order valence-corrected chi connectivity index (χ1v) is 7.85. The van der Waals surface area contributed by atoms with Gasteiger partial charge in [0.25, 0.3) is 0 Å². The third kappa shape index (κ3) is 4.58. The Bertz CT molecular complexity index is 381. The van der Waals surface area contributed by atoms with Gasteiger partial charge < -0.3 is 15.1 Å². The van der Waals surface area contributed by atoms with E-state index in [2.05, 4.69) is 47.3 Å². The lowest BCUT2D eigenvalue weighted by molar-refractivity contribution is 0.152. The lowest BCUT2D eigenvalue weighted by Crippen LogP contribution is -2.45. The molecule has 5 nitrogen and oxygen atoms in total. The van der Waals surface area contributed by atoms with Crippen molar-refractivity contribution >= 4 is 0 Å². The Morgan fingerprint density at radius 1 is 1.30 bits per heavy atom. The van der Waals surface area contributed by atoms with Crippen molar-refractivity contribution in [2.45, 2.75) is 32.9 Å². The molecule has 0 aliphatic carbocycles. The topological polar surface area (TPSA) is 36.3 Å². The molecule has 1 aromatic rings. The van der Waals surface area contributed by atoms with Crippen molar-refractivity contribution in [3.8, 4) is 0 Å². The van der Waals surface area contributed by atoms with Crippen molar-refractivity contribution in [1.82, 2.24) is 24.9 Å². The van der Waals surface area contributed by atoms with Crippen LogP contribution < -0.4 is 5.32 Å². The van der Waals surface area contributed by atoms with Crippen LogP contribution in [0.5, 0.6) is 0 Å². The van der Waals surface area contributed by atoms with Gasteiger partial charge in [0.2, 0.25) is 0 Å². The summed E-state index contributed by atoms with van der Waals surface area (Å²) in [4.78, 5) is 4.98. The highest BCUT2D eigenvalue weighted by atomic mass is 15.3. The Hall–Kier alpha value is -0.910. The molecule has 0 spiro atoms. The van der Waals surface area contributed by atoms with E-state index >= 15 is 0 Å². The van der Waals surface area contributed by atoms with E-state index in [-0.39, 0.29) is 0 Å². The van der Waals surface area contributed by atoms with Gasteiger partial charge in [-0.05, 0) is 40.4 Å². The molecular weight excluding hydrogens is 250 g/mol. The van der Waals surface area contributed by atoms with Crippen LogP contribution in [-0.4, -0.2) is 65.9 Å². The average Bonchev–Trinajstić information content (AvgIpc) is 2.94. The molecule has 0 amide bonds. The fourth-order valence-corrected chi connectivity index (χ4v) is 2.59. The molecule has 1 aliphatic heterocycles. The molecule has 114 valence electrons. The molecular formula is C15H29N5.